The molecule has 5 nitrogen and oxygen atoms in total. The van der Waals surface area contributed by atoms with Crippen molar-refractivity contribution in [1.29, 1.82) is 0 Å². The first-order valence-corrected chi connectivity index (χ1v) is 7.77. The third-order valence-corrected chi connectivity index (χ3v) is 3.02. The maximum atomic E-state index is 5.32. The molecule has 0 heterocycles. The van der Waals surface area contributed by atoms with Crippen LogP contribution in [0.5, 0.6) is 0 Å². The molecule has 20 heavy (non-hydrogen) atoms. The van der Waals surface area contributed by atoms with Gasteiger partial charge in [-0.2, -0.15) is 0 Å². The first kappa shape index (κ1) is 19.2. The van der Waals surface area contributed by atoms with E-state index in [1.165, 1.54) is 0 Å². The van der Waals surface area contributed by atoms with Crippen LogP contribution in [0.3, 0.4) is 0 Å². The summed E-state index contributed by atoms with van der Waals surface area (Å²) in [7, 11) is 4.25. The number of ether oxygens (including phenoxy) is 1. The fraction of sp³-hybridized carbons (Fsp3) is 0.933. The normalized spacial score (nSPS) is 13.9. The van der Waals surface area contributed by atoms with Crippen molar-refractivity contribution in [2.75, 3.05) is 46.9 Å². The Bertz CT molecular complexity index is 254. The van der Waals surface area contributed by atoms with Gasteiger partial charge in [-0.05, 0) is 40.3 Å². The van der Waals surface area contributed by atoms with Crippen molar-refractivity contribution >= 4 is 5.96 Å². The Morgan fingerprint density at radius 3 is 2.40 bits per heavy atom. The lowest BCUT2D eigenvalue weighted by molar-refractivity contribution is 0.152. The summed E-state index contributed by atoms with van der Waals surface area (Å²) in [6.07, 6.45) is 1.16. The average Bonchev–Trinajstić information content (AvgIpc) is 2.38. The molecule has 0 rings (SSSR count). The second-order valence-electron chi connectivity index (χ2n) is 5.59. The van der Waals surface area contributed by atoms with E-state index < -0.39 is 0 Å². The molecule has 0 bridgehead atoms. The van der Waals surface area contributed by atoms with Crippen LogP contribution in [0.2, 0.25) is 0 Å². The van der Waals surface area contributed by atoms with Gasteiger partial charge in [-0.15, -0.1) is 0 Å². The van der Waals surface area contributed by atoms with Gasteiger partial charge in [-0.25, -0.2) is 0 Å². The van der Waals surface area contributed by atoms with Gasteiger partial charge in [0.1, 0.15) is 0 Å². The topological polar surface area (TPSA) is 48.9 Å². The van der Waals surface area contributed by atoms with E-state index in [0.717, 1.165) is 38.6 Å². The Balaban J connectivity index is 4.32. The van der Waals surface area contributed by atoms with Crippen LogP contribution in [-0.4, -0.2) is 63.8 Å². The summed E-state index contributed by atoms with van der Waals surface area (Å²) in [5.41, 5.74) is 0. The van der Waals surface area contributed by atoms with Gasteiger partial charge in [0.15, 0.2) is 5.96 Å². The van der Waals surface area contributed by atoms with E-state index >= 15 is 0 Å². The highest BCUT2D eigenvalue weighted by Crippen LogP contribution is 2.09. The highest BCUT2D eigenvalue weighted by atomic mass is 16.5. The predicted octanol–water partition coefficient (Wildman–Crippen LogP) is 1.55. The highest BCUT2D eigenvalue weighted by Gasteiger charge is 2.13. The molecule has 0 saturated heterocycles. The molecular formula is C15H34N4O. The van der Waals surface area contributed by atoms with Crippen molar-refractivity contribution in [2.24, 2.45) is 10.9 Å². The van der Waals surface area contributed by atoms with E-state index in [4.69, 9.17) is 4.74 Å². The molecular weight excluding hydrogens is 252 g/mol. The minimum atomic E-state index is 0.484. The van der Waals surface area contributed by atoms with Crippen LogP contribution in [0.1, 0.15) is 34.1 Å². The van der Waals surface area contributed by atoms with Crippen LogP contribution in [0.25, 0.3) is 0 Å². The third-order valence-electron chi connectivity index (χ3n) is 3.02. The molecule has 5 heteroatoms. The minimum Gasteiger partial charge on any atom is -0.380 e. The number of hydrogen-bond donors (Lipinski definition) is 2. The number of likely N-dealkylation sites (N-methyl/N-ethyl adjacent to an activating group) is 1. The van der Waals surface area contributed by atoms with Gasteiger partial charge in [0, 0.05) is 25.7 Å². The van der Waals surface area contributed by atoms with E-state index in [-0.39, 0.29) is 0 Å². The molecule has 0 aromatic heterocycles. The predicted molar refractivity (Wildman–Crippen MR) is 87.4 cm³/mol. The van der Waals surface area contributed by atoms with E-state index in [9.17, 15) is 0 Å². The van der Waals surface area contributed by atoms with Crippen molar-refractivity contribution in [3.63, 3.8) is 0 Å². The Hall–Kier alpha value is -0.810. The number of nitrogens with one attached hydrogen (secondary N) is 2. The first-order valence-electron chi connectivity index (χ1n) is 7.77. The van der Waals surface area contributed by atoms with E-state index in [0.29, 0.717) is 18.6 Å². The molecule has 0 aromatic rings. The molecule has 1 unspecified atom stereocenters. The van der Waals surface area contributed by atoms with Crippen LogP contribution in [0.4, 0.5) is 0 Å². The first-order chi connectivity index (χ1) is 9.51. The fourth-order valence-corrected chi connectivity index (χ4v) is 1.92. The largest absolute Gasteiger partial charge is 0.380 e. The van der Waals surface area contributed by atoms with Gasteiger partial charge in [0.2, 0.25) is 0 Å². The lowest BCUT2D eigenvalue weighted by atomic mass is 10.0. The highest BCUT2D eigenvalue weighted by molar-refractivity contribution is 5.79. The summed E-state index contributed by atoms with van der Waals surface area (Å²) in [5.74, 6) is 1.56. The van der Waals surface area contributed by atoms with Crippen molar-refractivity contribution in [2.45, 2.75) is 40.2 Å². The van der Waals surface area contributed by atoms with E-state index in [2.05, 4.69) is 55.4 Å². The molecule has 0 aliphatic rings. The number of aliphatic imine (C=N–C) groups is 1. The quantitative estimate of drug-likeness (QED) is 0.363. The van der Waals surface area contributed by atoms with E-state index in [1.807, 2.05) is 6.92 Å². The van der Waals surface area contributed by atoms with Crippen molar-refractivity contribution < 1.29 is 4.74 Å². The molecule has 0 aromatic carbocycles. The van der Waals surface area contributed by atoms with Gasteiger partial charge in [0.25, 0.3) is 0 Å². The lowest BCUT2D eigenvalue weighted by Crippen LogP contribution is -2.40. The van der Waals surface area contributed by atoms with Gasteiger partial charge < -0.3 is 20.3 Å². The van der Waals surface area contributed by atoms with Crippen molar-refractivity contribution in [3.05, 3.63) is 0 Å². The summed E-state index contributed by atoms with van der Waals surface area (Å²) >= 11 is 0. The van der Waals surface area contributed by atoms with Crippen LogP contribution in [0.15, 0.2) is 4.99 Å². The fourth-order valence-electron chi connectivity index (χ4n) is 1.92. The molecule has 2 N–H and O–H groups in total. The van der Waals surface area contributed by atoms with Gasteiger partial charge in [0.05, 0.1) is 13.2 Å². The SMILES string of the molecule is CCNC(=NCC(CC(C)C)N(C)C)NCCOCC. The summed E-state index contributed by atoms with van der Waals surface area (Å²) in [5, 5.41) is 6.57. The Morgan fingerprint density at radius 1 is 1.20 bits per heavy atom. The Kier molecular flexibility index (Phi) is 11.5. The standard InChI is InChI=1S/C15H34N4O/c1-7-16-15(17-9-10-20-8-2)18-12-14(19(5)6)11-13(3)4/h13-14H,7-12H2,1-6H3,(H2,16,17,18). The van der Waals surface area contributed by atoms with Crippen LogP contribution < -0.4 is 10.6 Å². The second-order valence-corrected chi connectivity index (χ2v) is 5.59. The maximum absolute atomic E-state index is 5.32. The second kappa shape index (κ2) is 12.0. The average molecular weight is 286 g/mol. The maximum Gasteiger partial charge on any atom is 0.191 e. The van der Waals surface area contributed by atoms with Crippen LogP contribution in [0, 0.1) is 5.92 Å². The molecule has 0 aliphatic heterocycles. The molecule has 0 spiro atoms. The number of hydrogen-bond acceptors (Lipinski definition) is 3. The zero-order valence-electron chi connectivity index (χ0n) is 14.2. The monoisotopic (exact) mass is 286 g/mol. The molecule has 0 amide bonds. The van der Waals surface area contributed by atoms with Crippen LogP contribution >= 0.6 is 0 Å². The number of rotatable bonds is 10. The smallest absolute Gasteiger partial charge is 0.191 e. The molecule has 0 saturated carbocycles. The summed E-state index contributed by atoms with van der Waals surface area (Å²) in [6, 6.07) is 0.484. The Labute approximate surface area is 125 Å². The van der Waals surface area contributed by atoms with Gasteiger partial charge in [-0.1, -0.05) is 13.8 Å². The zero-order chi connectivity index (χ0) is 15.4. The summed E-state index contributed by atoms with van der Waals surface area (Å²) < 4.78 is 5.32. The van der Waals surface area contributed by atoms with Gasteiger partial charge in [-0.3, -0.25) is 4.99 Å². The summed E-state index contributed by atoms with van der Waals surface area (Å²) in [6.45, 7) is 12.5. The lowest BCUT2D eigenvalue weighted by Gasteiger charge is -2.24. The number of nitrogens with zero attached hydrogens (tertiary/aromatic N) is 2. The van der Waals surface area contributed by atoms with Crippen molar-refractivity contribution in [1.82, 2.24) is 15.5 Å². The zero-order valence-corrected chi connectivity index (χ0v) is 14.2. The van der Waals surface area contributed by atoms with Gasteiger partial charge >= 0.3 is 0 Å². The minimum absolute atomic E-state index is 0.484. The molecule has 0 radical (unpaired) electrons. The van der Waals surface area contributed by atoms with Crippen molar-refractivity contribution in [3.8, 4) is 0 Å². The molecule has 120 valence electrons. The molecule has 0 aliphatic carbocycles. The molecule has 0 fully saturated rings. The third kappa shape index (κ3) is 10.0. The van der Waals surface area contributed by atoms with E-state index in [1.54, 1.807) is 0 Å². The Morgan fingerprint density at radius 2 is 1.90 bits per heavy atom. The van der Waals surface area contributed by atoms with Crippen LogP contribution in [-0.2, 0) is 4.74 Å². The summed E-state index contributed by atoms with van der Waals surface area (Å²) in [4.78, 5) is 6.94. The molecule has 1 atom stereocenters. The number of guanidine groups is 1.